The normalized spacial score (nSPS) is 16.9. The lowest BCUT2D eigenvalue weighted by molar-refractivity contribution is -0.127. The van der Waals surface area contributed by atoms with Gasteiger partial charge >= 0.3 is 0 Å². The van der Waals surface area contributed by atoms with E-state index in [1.807, 2.05) is 26.0 Å². The molecule has 1 aromatic carbocycles. The number of pyridine rings is 2. The first kappa shape index (κ1) is 31.0. The number of thiazole rings is 1. The molecule has 0 bridgehead atoms. The molecule has 1 fully saturated rings. The lowest BCUT2D eigenvalue weighted by atomic mass is 9.96. The summed E-state index contributed by atoms with van der Waals surface area (Å²) in [5, 5.41) is 5.67. The van der Waals surface area contributed by atoms with E-state index in [4.69, 9.17) is 19.4 Å². The maximum Gasteiger partial charge on any atom is 0.267 e. The molecule has 2 aliphatic heterocycles. The van der Waals surface area contributed by atoms with E-state index in [9.17, 15) is 18.4 Å². The van der Waals surface area contributed by atoms with Gasteiger partial charge in [0.2, 0.25) is 5.91 Å². The molecule has 46 heavy (non-hydrogen) atoms. The number of nitrogens with zero attached hydrogens (tertiary/aromatic N) is 5. The molecule has 14 heteroatoms. The van der Waals surface area contributed by atoms with E-state index in [0.717, 1.165) is 40.4 Å². The number of ether oxygens (including phenoxy) is 2. The number of methoxy groups -OCH3 is 1. The Balaban J connectivity index is 1.25. The molecule has 1 unspecified atom stereocenters. The molecule has 0 aliphatic carbocycles. The fraction of sp³-hybridized carbons (Fsp3) is 0.281. The van der Waals surface area contributed by atoms with Gasteiger partial charge in [-0.15, -0.1) is 0 Å². The zero-order chi connectivity index (χ0) is 32.6. The third-order valence-electron chi connectivity index (χ3n) is 7.92. The van der Waals surface area contributed by atoms with Crippen molar-refractivity contribution < 1.29 is 27.8 Å². The Morgan fingerprint density at radius 3 is 2.67 bits per heavy atom. The van der Waals surface area contributed by atoms with Crippen molar-refractivity contribution in [2.24, 2.45) is 0 Å². The molecule has 4 aromatic rings. The summed E-state index contributed by atoms with van der Waals surface area (Å²) in [5.41, 5.74) is 1.03. The molecular formula is C32H31F2N7O4S. The number of piperazine rings is 1. The van der Waals surface area contributed by atoms with Crippen LogP contribution >= 0.6 is 11.3 Å². The van der Waals surface area contributed by atoms with Crippen LogP contribution in [0.25, 0.3) is 11.3 Å². The molecule has 238 valence electrons. The van der Waals surface area contributed by atoms with Crippen molar-refractivity contribution in [3.05, 3.63) is 83.5 Å². The molecule has 2 N–H and O–H groups in total. The maximum absolute atomic E-state index is 14.0. The highest BCUT2D eigenvalue weighted by Crippen LogP contribution is 2.40. The summed E-state index contributed by atoms with van der Waals surface area (Å²) >= 11 is 0.983. The second kappa shape index (κ2) is 12.4. The highest BCUT2D eigenvalue weighted by Gasteiger charge is 2.39. The smallest absolute Gasteiger partial charge is 0.267 e. The van der Waals surface area contributed by atoms with Gasteiger partial charge in [-0.25, -0.2) is 23.7 Å². The number of carbonyl (C=O) groups is 2. The van der Waals surface area contributed by atoms with Gasteiger partial charge in [0, 0.05) is 37.0 Å². The Hall–Kier alpha value is -4.95. The third kappa shape index (κ3) is 6.00. The largest absolute Gasteiger partial charge is 0.493 e. The molecule has 1 saturated heterocycles. The molecule has 2 aliphatic rings. The highest BCUT2D eigenvalue weighted by molar-refractivity contribution is 7.17. The minimum absolute atomic E-state index is 0.0533. The van der Waals surface area contributed by atoms with Crippen molar-refractivity contribution >= 4 is 45.6 Å². The van der Waals surface area contributed by atoms with Crippen molar-refractivity contribution in [1.29, 1.82) is 0 Å². The number of para-hydroxylation sites is 1. The standard InChI is InChI=1S/C32H31F2N7O4S/c1-5-26(42)40-11-12-41-19(16-40)17-45-32(2,3)20-13-18(14-35-29(20)41)23-9-10-24(44-4)28(37-23)39-31-36-15-25(46-31)30(43)38-27-21(33)7-6-8-22(27)34/h5-10,13-15,19H,1,11-12,16-17H2,2-4H3,(H,38,43)(H,36,37,39). The summed E-state index contributed by atoms with van der Waals surface area (Å²) in [6.45, 7) is 9.71. The number of benzene rings is 1. The molecule has 3 aromatic heterocycles. The van der Waals surface area contributed by atoms with Gasteiger partial charge in [-0.05, 0) is 50.3 Å². The average Bonchev–Trinajstić information content (AvgIpc) is 3.49. The molecular weight excluding hydrogens is 616 g/mol. The number of hydrogen-bond acceptors (Lipinski definition) is 10. The van der Waals surface area contributed by atoms with Crippen LogP contribution in [0.3, 0.4) is 0 Å². The van der Waals surface area contributed by atoms with Crippen LogP contribution in [0.1, 0.15) is 29.1 Å². The van der Waals surface area contributed by atoms with Crippen molar-refractivity contribution in [1.82, 2.24) is 19.9 Å². The number of carbonyl (C=O) groups excluding carboxylic acids is 2. The Bertz CT molecular complexity index is 1810. The minimum Gasteiger partial charge on any atom is -0.493 e. The van der Waals surface area contributed by atoms with E-state index in [1.54, 1.807) is 17.2 Å². The minimum atomic E-state index is -0.883. The van der Waals surface area contributed by atoms with Gasteiger partial charge in [-0.3, -0.25) is 9.59 Å². The zero-order valence-electron chi connectivity index (χ0n) is 25.3. The number of halogens is 2. The van der Waals surface area contributed by atoms with E-state index >= 15 is 0 Å². The van der Waals surface area contributed by atoms with E-state index < -0.39 is 28.8 Å². The van der Waals surface area contributed by atoms with Crippen LogP contribution in [0.2, 0.25) is 0 Å². The fourth-order valence-corrected chi connectivity index (χ4v) is 6.16. The quantitative estimate of drug-likeness (QED) is 0.256. The SMILES string of the molecule is C=CC(=O)N1CCN2c3ncc(-c4ccc(OC)c(Nc5ncc(C(=O)Nc6c(F)cccc6F)s5)n4)cc3C(C)(C)OCC2C1. The topological polar surface area (TPSA) is 122 Å². The molecule has 11 nitrogen and oxygen atoms in total. The predicted molar refractivity (Wildman–Crippen MR) is 171 cm³/mol. The van der Waals surface area contributed by atoms with Gasteiger partial charge in [-0.1, -0.05) is 24.0 Å². The van der Waals surface area contributed by atoms with E-state index in [2.05, 4.69) is 27.1 Å². The van der Waals surface area contributed by atoms with Crippen LogP contribution in [0.5, 0.6) is 5.75 Å². The number of aromatic nitrogens is 3. The monoisotopic (exact) mass is 647 g/mol. The van der Waals surface area contributed by atoms with Crippen molar-refractivity contribution in [2.45, 2.75) is 25.5 Å². The Morgan fingerprint density at radius 1 is 1.15 bits per heavy atom. The maximum atomic E-state index is 14.0. The van der Waals surface area contributed by atoms with Crippen LogP contribution in [-0.4, -0.2) is 71.1 Å². The average molecular weight is 648 g/mol. The predicted octanol–water partition coefficient (Wildman–Crippen LogP) is 5.35. The van der Waals surface area contributed by atoms with Gasteiger partial charge in [0.05, 0.1) is 37.3 Å². The summed E-state index contributed by atoms with van der Waals surface area (Å²) in [4.78, 5) is 43.0. The number of hydrogen-bond donors (Lipinski definition) is 2. The summed E-state index contributed by atoms with van der Waals surface area (Å²) < 4.78 is 39.9. The first-order valence-electron chi connectivity index (χ1n) is 14.4. The number of nitrogens with one attached hydrogen (secondary N) is 2. The fourth-order valence-electron chi connectivity index (χ4n) is 5.45. The van der Waals surface area contributed by atoms with Gasteiger partial charge in [0.25, 0.3) is 5.91 Å². The van der Waals surface area contributed by atoms with Gasteiger partial charge in [0.15, 0.2) is 16.7 Å². The van der Waals surface area contributed by atoms with Gasteiger partial charge < -0.3 is 29.9 Å². The lowest BCUT2D eigenvalue weighted by Gasteiger charge is -2.40. The Morgan fingerprint density at radius 2 is 1.93 bits per heavy atom. The highest BCUT2D eigenvalue weighted by atomic mass is 32.1. The van der Waals surface area contributed by atoms with E-state index in [0.29, 0.717) is 48.6 Å². The van der Waals surface area contributed by atoms with Gasteiger partial charge in [0.1, 0.15) is 28.0 Å². The van der Waals surface area contributed by atoms with Crippen LogP contribution in [0, 0.1) is 11.6 Å². The number of rotatable bonds is 7. The molecule has 6 rings (SSSR count). The van der Waals surface area contributed by atoms with Gasteiger partial charge in [-0.2, -0.15) is 0 Å². The van der Waals surface area contributed by atoms with Crippen LogP contribution < -0.4 is 20.3 Å². The number of fused-ring (bicyclic) bond motifs is 3. The van der Waals surface area contributed by atoms with Crippen molar-refractivity contribution in [3.8, 4) is 17.0 Å². The summed E-state index contributed by atoms with van der Waals surface area (Å²) in [6, 6.07) is 8.85. The second-order valence-electron chi connectivity index (χ2n) is 11.2. The molecule has 2 amide bonds. The van der Waals surface area contributed by atoms with Crippen molar-refractivity contribution in [2.75, 3.05) is 48.9 Å². The first-order chi connectivity index (χ1) is 22.1. The molecule has 0 spiro atoms. The Kier molecular flexibility index (Phi) is 8.40. The molecule has 1 atom stereocenters. The first-order valence-corrected chi connectivity index (χ1v) is 15.3. The zero-order valence-corrected chi connectivity index (χ0v) is 26.2. The summed E-state index contributed by atoms with van der Waals surface area (Å²) in [5.74, 6) is -0.998. The number of amides is 2. The Labute approximate surface area is 267 Å². The van der Waals surface area contributed by atoms with Crippen LogP contribution in [-0.2, 0) is 15.1 Å². The van der Waals surface area contributed by atoms with E-state index in [1.165, 1.54) is 25.4 Å². The molecule has 0 saturated carbocycles. The van der Waals surface area contributed by atoms with E-state index in [-0.39, 0.29) is 16.8 Å². The summed E-state index contributed by atoms with van der Waals surface area (Å²) in [6.07, 6.45) is 4.39. The molecule has 0 radical (unpaired) electrons. The summed E-state index contributed by atoms with van der Waals surface area (Å²) in [7, 11) is 1.51. The van der Waals surface area contributed by atoms with Crippen molar-refractivity contribution in [3.63, 3.8) is 0 Å². The molecule has 5 heterocycles. The van der Waals surface area contributed by atoms with Crippen LogP contribution in [0.4, 0.5) is 31.2 Å². The lowest BCUT2D eigenvalue weighted by Crippen LogP contribution is -2.56. The third-order valence-corrected chi connectivity index (χ3v) is 8.83. The van der Waals surface area contributed by atoms with Crippen LogP contribution in [0.15, 0.2) is 61.4 Å². The second-order valence-corrected chi connectivity index (χ2v) is 12.2. The number of anilines is 4.